The van der Waals surface area contributed by atoms with Crippen LogP contribution in [0.3, 0.4) is 0 Å². The van der Waals surface area contributed by atoms with E-state index in [0.29, 0.717) is 6.54 Å². The van der Waals surface area contributed by atoms with Crippen molar-refractivity contribution in [3.8, 4) is 11.8 Å². The second-order valence-corrected chi connectivity index (χ2v) is 3.42. The summed E-state index contributed by atoms with van der Waals surface area (Å²) in [5.41, 5.74) is 2.25. The summed E-state index contributed by atoms with van der Waals surface area (Å²) < 4.78 is 0. The maximum Gasteiger partial charge on any atom is 0.217 e. The Morgan fingerprint density at radius 3 is 2.92 bits per heavy atom. The quantitative estimate of drug-likeness (QED) is 0.673. The molecule has 0 atom stereocenters. The first-order chi connectivity index (χ1) is 6.20. The van der Waals surface area contributed by atoms with Crippen molar-refractivity contribution in [2.45, 2.75) is 13.8 Å². The second kappa shape index (κ2) is 4.68. The van der Waals surface area contributed by atoms with Crippen LogP contribution in [0.25, 0.3) is 0 Å². The van der Waals surface area contributed by atoms with Gasteiger partial charge in [-0.1, -0.05) is 11.8 Å². The van der Waals surface area contributed by atoms with E-state index in [1.54, 1.807) is 11.3 Å². The number of hydrogen-bond donors (Lipinski definition) is 1. The van der Waals surface area contributed by atoms with Crippen molar-refractivity contribution in [3.05, 3.63) is 21.9 Å². The second-order valence-electron chi connectivity index (χ2n) is 2.68. The molecule has 0 radical (unpaired) electrons. The predicted molar refractivity (Wildman–Crippen MR) is 54.6 cm³/mol. The Morgan fingerprint density at radius 2 is 2.38 bits per heavy atom. The van der Waals surface area contributed by atoms with Crippen molar-refractivity contribution < 1.29 is 4.79 Å². The van der Waals surface area contributed by atoms with Crippen molar-refractivity contribution in [1.29, 1.82) is 0 Å². The number of hydrogen-bond acceptors (Lipinski definition) is 2. The van der Waals surface area contributed by atoms with Gasteiger partial charge >= 0.3 is 0 Å². The molecule has 1 N–H and O–H groups in total. The van der Waals surface area contributed by atoms with E-state index in [4.69, 9.17) is 0 Å². The maximum atomic E-state index is 10.5. The molecule has 1 heterocycles. The van der Waals surface area contributed by atoms with Crippen LogP contribution in [-0.4, -0.2) is 12.5 Å². The minimum atomic E-state index is -0.0451. The van der Waals surface area contributed by atoms with Gasteiger partial charge in [-0.3, -0.25) is 4.79 Å². The van der Waals surface area contributed by atoms with Gasteiger partial charge in [-0.2, -0.15) is 11.3 Å². The summed E-state index contributed by atoms with van der Waals surface area (Å²) in [7, 11) is 0. The van der Waals surface area contributed by atoms with Gasteiger partial charge in [0.1, 0.15) is 0 Å². The molecule has 0 spiro atoms. The Bertz CT molecular complexity index is 356. The van der Waals surface area contributed by atoms with Crippen LogP contribution in [0.5, 0.6) is 0 Å². The lowest BCUT2D eigenvalue weighted by molar-refractivity contribution is -0.118. The highest BCUT2D eigenvalue weighted by molar-refractivity contribution is 7.08. The largest absolute Gasteiger partial charge is 0.345 e. The molecule has 68 valence electrons. The van der Waals surface area contributed by atoms with Crippen LogP contribution in [0.2, 0.25) is 0 Å². The van der Waals surface area contributed by atoms with E-state index < -0.39 is 0 Å². The number of rotatable bonds is 1. The Labute approximate surface area is 82.0 Å². The molecule has 0 aliphatic carbocycles. The molecule has 0 aliphatic rings. The third kappa shape index (κ3) is 3.30. The molecule has 3 heteroatoms. The first kappa shape index (κ1) is 9.82. The number of carbonyl (C=O) groups excluding carboxylic acids is 1. The summed E-state index contributed by atoms with van der Waals surface area (Å²) in [5, 5.41) is 6.69. The molecule has 13 heavy (non-hydrogen) atoms. The van der Waals surface area contributed by atoms with Gasteiger partial charge in [-0.25, -0.2) is 0 Å². The normalized spacial score (nSPS) is 8.77. The molecule has 1 aromatic rings. The van der Waals surface area contributed by atoms with Gasteiger partial charge < -0.3 is 5.32 Å². The fraction of sp³-hybridized carbons (Fsp3) is 0.300. The zero-order valence-electron chi connectivity index (χ0n) is 7.68. The van der Waals surface area contributed by atoms with Crippen LogP contribution in [0.4, 0.5) is 0 Å². The van der Waals surface area contributed by atoms with Crippen molar-refractivity contribution in [1.82, 2.24) is 5.32 Å². The van der Waals surface area contributed by atoms with E-state index in [9.17, 15) is 4.79 Å². The number of aryl methyl sites for hydroxylation is 1. The summed E-state index contributed by atoms with van der Waals surface area (Å²) in [4.78, 5) is 10.5. The van der Waals surface area contributed by atoms with Crippen molar-refractivity contribution in [3.63, 3.8) is 0 Å². The molecule has 0 unspecified atom stereocenters. The van der Waals surface area contributed by atoms with E-state index in [1.165, 1.54) is 12.5 Å². The fourth-order valence-corrected chi connectivity index (χ4v) is 1.58. The summed E-state index contributed by atoms with van der Waals surface area (Å²) in [6, 6.07) is 0. The first-order valence-corrected chi connectivity index (χ1v) is 4.90. The smallest absolute Gasteiger partial charge is 0.217 e. The topological polar surface area (TPSA) is 29.1 Å². The molecule has 0 aliphatic heterocycles. The third-order valence-corrected chi connectivity index (χ3v) is 2.37. The van der Waals surface area contributed by atoms with E-state index in [1.807, 2.05) is 12.3 Å². The van der Waals surface area contributed by atoms with E-state index in [2.05, 4.69) is 22.5 Å². The zero-order chi connectivity index (χ0) is 9.68. The summed E-state index contributed by atoms with van der Waals surface area (Å²) >= 11 is 1.64. The molecule has 1 rings (SSSR count). The minimum absolute atomic E-state index is 0.0451. The molecule has 0 fully saturated rings. The van der Waals surface area contributed by atoms with Gasteiger partial charge in [0, 0.05) is 17.9 Å². The highest BCUT2D eigenvalue weighted by Crippen LogP contribution is 2.11. The zero-order valence-corrected chi connectivity index (χ0v) is 8.49. The number of nitrogens with one attached hydrogen (secondary N) is 1. The van der Waals surface area contributed by atoms with Crippen molar-refractivity contribution >= 4 is 17.2 Å². The Hall–Kier alpha value is -1.27. The molecular weight excluding hydrogens is 182 g/mol. The van der Waals surface area contributed by atoms with Crippen LogP contribution in [0.15, 0.2) is 10.8 Å². The number of carbonyl (C=O) groups is 1. The van der Waals surface area contributed by atoms with E-state index in [0.717, 1.165) is 5.56 Å². The van der Waals surface area contributed by atoms with Crippen LogP contribution >= 0.6 is 11.3 Å². The van der Waals surface area contributed by atoms with Gasteiger partial charge in [0.05, 0.1) is 6.54 Å². The maximum absolute atomic E-state index is 10.5. The monoisotopic (exact) mass is 193 g/mol. The van der Waals surface area contributed by atoms with Crippen molar-refractivity contribution in [2.75, 3.05) is 6.54 Å². The molecule has 2 nitrogen and oxygen atoms in total. The Kier molecular flexibility index (Phi) is 3.53. The van der Waals surface area contributed by atoms with Gasteiger partial charge in [0.2, 0.25) is 5.91 Å². The standard InChI is InChI=1S/C10H11NOS/c1-8-6-13-7-10(8)4-3-5-11-9(2)12/h6-7H,5H2,1-2H3,(H,11,12). The number of thiophene rings is 1. The number of amides is 1. The molecule has 0 saturated heterocycles. The molecule has 1 aromatic heterocycles. The van der Waals surface area contributed by atoms with Crippen LogP contribution in [0.1, 0.15) is 18.1 Å². The lowest BCUT2D eigenvalue weighted by atomic mass is 10.2. The van der Waals surface area contributed by atoms with Crippen LogP contribution in [-0.2, 0) is 4.79 Å². The van der Waals surface area contributed by atoms with Gasteiger partial charge in [-0.15, -0.1) is 0 Å². The van der Waals surface area contributed by atoms with Crippen LogP contribution in [0, 0.1) is 18.8 Å². The Balaban J connectivity index is 2.49. The SMILES string of the molecule is CC(=O)NCC#Cc1cscc1C. The average Bonchev–Trinajstić information content (AvgIpc) is 2.45. The Morgan fingerprint density at radius 1 is 1.62 bits per heavy atom. The molecule has 0 saturated carbocycles. The molecule has 1 amide bonds. The van der Waals surface area contributed by atoms with E-state index in [-0.39, 0.29) is 5.91 Å². The van der Waals surface area contributed by atoms with E-state index >= 15 is 0 Å². The first-order valence-electron chi connectivity index (χ1n) is 3.96. The predicted octanol–water partition coefficient (Wildman–Crippen LogP) is 1.54. The lowest BCUT2D eigenvalue weighted by Crippen LogP contribution is -2.19. The minimum Gasteiger partial charge on any atom is -0.345 e. The molecule has 0 bridgehead atoms. The van der Waals surface area contributed by atoms with Gasteiger partial charge in [0.15, 0.2) is 0 Å². The summed E-state index contributed by atoms with van der Waals surface area (Å²) in [5.74, 6) is 5.83. The van der Waals surface area contributed by atoms with Gasteiger partial charge in [-0.05, 0) is 17.9 Å². The summed E-state index contributed by atoms with van der Waals surface area (Å²) in [6.07, 6.45) is 0. The summed E-state index contributed by atoms with van der Waals surface area (Å²) in [6.45, 7) is 3.93. The average molecular weight is 193 g/mol. The molecular formula is C10H11NOS. The third-order valence-electron chi connectivity index (χ3n) is 1.50. The van der Waals surface area contributed by atoms with Crippen LogP contribution < -0.4 is 5.32 Å². The highest BCUT2D eigenvalue weighted by Gasteiger charge is 1.92. The van der Waals surface area contributed by atoms with Gasteiger partial charge in [0.25, 0.3) is 0 Å². The fourth-order valence-electron chi connectivity index (χ4n) is 0.797. The lowest BCUT2D eigenvalue weighted by Gasteiger charge is -1.91. The van der Waals surface area contributed by atoms with Crippen molar-refractivity contribution in [2.24, 2.45) is 0 Å². The molecule has 0 aromatic carbocycles. The highest BCUT2D eigenvalue weighted by atomic mass is 32.1.